The number of benzene rings is 1. The number of aromatic nitrogens is 3. The molecule has 0 fully saturated rings. The summed E-state index contributed by atoms with van der Waals surface area (Å²) in [5, 5.41) is 22.0. The number of aromatic amines is 1. The molecule has 1 N–H and O–H groups in total. The largest absolute Gasteiger partial charge is 0.490 e. The molecule has 0 saturated carbocycles. The molecule has 116 valence electrons. The maximum atomic E-state index is 11.0. The van der Waals surface area contributed by atoms with Crippen molar-refractivity contribution in [1.29, 1.82) is 0 Å². The number of methoxy groups -OCH3 is 1. The Labute approximate surface area is 131 Å². The van der Waals surface area contributed by atoms with E-state index in [1.165, 1.54) is 30.1 Å². The first-order valence-corrected chi connectivity index (χ1v) is 6.89. The molecule has 0 unspecified atom stereocenters. The lowest BCUT2D eigenvalue weighted by molar-refractivity contribution is -0.385. The van der Waals surface area contributed by atoms with Crippen molar-refractivity contribution in [2.45, 2.75) is 19.8 Å². The van der Waals surface area contributed by atoms with Crippen LogP contribution in [0.15, 0.2) is 23.3 Å². The van der Waals surface area contributed by atoms with Crippen molar-refractivity contribution in [3.05, 3.63) is 44.5 Å². The summed E-state index contributed by atoms with van der Waals surface area (Å²) in [6.07, 6.45) is 1.49. The molecule has 0 saturated heterocycles. The third-order valence-corrected chi connectivity index (χ3v) is 3.18. The molecule has 9 heteroatoms. The smallest absolute Gasteiger partial charge is 0.311 e. The normalized spacial score (nSPS) is 11.3. The quantitative estimate of drug-likeness (QED) is 0.395. The molecule has 2 rings (SSSR count). The molecular weight excluding hydrogens is 306 g/mol. The Morgan fingerprint density at radius 2 is 2.27 bits per heavy atom. The molecule has 0 aliphatic rings. The summed E-state index contributed by atoms with van der Waals surface area (Å²) in [7, 11) is 1.38. The zero-order chi connectivity index (χ0) is 16.3. The van der Waals surface area contributed by atoms with Gasteiger partial charge in [-0.05, 0) is 24.4 Å². The van der Waals surface area contributed by atoms with Gasteiger partial charge in [-0.1, -0.05) is 13.8 Å². The molecular formula is C13H15N5O3S. The van der Waals surface area contributed by atoms with Crippen molar-refractivity contribution < 1.29 is 9.66 Å². The minimum absolute atomic E-state index is 0.119. The van der Waals surface area contributed by atoms with Gasteiger partial charge in [0.25, 0.3) is 0 Å². The van der Waals surface area contributed by atoms with Gasteiger partial charge in [-0.15, -0.1) is 0 Å². The third kappa shape index (κ3) is 3.19. The van der Waals surface area contributed by atoms with Crippen LogP contribution in [0.4, 0.5) is 5.69 Å². The molecule has 0 spiro atoms. The molecule has 0 radical (unpaired) electrons. The Morgan fingerprint density at radius 1 is 1.55 bits per heavy atom. The highest BCUT2D eigenvalue weighted by atomic mass is 32.1. The lowest BCUT2D eigenvalue weighted by Crippen LogP contribution is -2.01. The standard InChI is InChI=1S/C13H15N5O3S/c1-8(2)12-15-16-13(22)17(12)14-7-9-4-5-11(21-3)10(6-9)18(19)20/h4-8H,1-3H3,(H,16,22)/b14-7-. The monoisotopic (exact) mass is 321 g/mol. The summed E-state index contributed by atoms with van der Waals surface area (Å²) in [6.45, 7) is 3.93. The van der Waals surface area contributed by atoms with E-state index in [4.69, 9.17) is 17.0 Å². The summed E-state index contributed by atoms with van der Waals surface area (Å²) < 4.78 is 6.82. The van der Waals surface area contributed by atoms with Crippen molar-refractivity contribution in [3.8, 4) is 5.75 Å². The zero-order valence-electron chi connectivity index (χ0n) is 12.3. The molecule has 0 aliphatic heterocycles. The predicted molar refractivity (Wildman–Crippen MR) is 84.1 cm³/mol. The average molecular weight is 321 g/mol. The van der Waals surface area contributed by atoms with Crippen molar-refractivity contribution in [2.75, 3.05) is 7.11 Å². The van der Waals surface area contributed by atoms with E-state index in [-0.39, 0.29) is 17.4 Å². The summed E-state index contributed by atoms with van der Waals surface area (Å²) in [5.41, 5.74) is 0.441. The molecule has 1 aromatic heterocycles. The van der Waals surface area contributed by atoms with Crippen LogP contribution in [0.5, 0.6) is 5.75 Å². The first-order chi connectivity index (χ1) is 10.4. The van der Waals surface area contributed by atoms with Crippen molar-refractivity contribution in [2.24, 2.45) is 5.10 Å². The maximum Gasteiger partial charge on any atom is 0.311 e. The highest BCUT2D eigenvalue weighted by Gasteiger charge is 2.14. The fraction of sp³-hybridized carbons (Fsp3) is 0.308. The number of ether oxygens (including phenoxy) is 1. The second-order valence-corrected chi connectivity index (χ2v) is 5.17. The van der Waals surface area contributed by atoms with Crippen LogP contribution in [0.3, 0.4) is 0 Å². The first kappa shape index (κ1) is 15.8. The van der Waals surface area contributed by atoms with E-state index in [2.05, 4.69) is 15.3 Å². The number of rotatable bonds is 5. The fourth-order valence-corrected chi connectivity index (χ4v) is 2.03. The van der Waals surface area contributed by atoms with Gasteiger partial charge in [-0.25, -0.2) is 0 Å². The molecule has 0 bridgehead atoms. The Morgan fingerprint density at radius 3 is 2.86 bits per heavy atom. The minimum atomic E-state index is -0.501. The van der Waals surface area contributed by atoms with E-state index in [0.29, 0.717) is 16.2 Å². The lowest BCUT2D eigenvalue weighted by Gasteiger charge is -2.04. The van der Waals surface area contributed by atoms with Crippen LogP contribution in [-0.4, -0.2) is 33.1 Å². The van der Waals surface area contributed by atoms with Gasteiger partial charge in [-0.3, -0.25) is 15.2 Å². The Bertz CT molecular complexity index is 778. The Balaban J connectivity index is 2.39. The van der Waals surface area contributed by atoms with Gasteiger partial charge in [0.2, 0.25) is 4.77 Å². The molecule has 1 aromatic carbocycles. The highest BCUT2D eigenvalue weighted by molar-refractivity contribution is 7.71. The molecule has 2 aromatic rings. The number of hydrogen-bond acceptors (Lipinski definition) is 6. The maximum absolute atomic E-state index is 11.0. The first-order valence-electron chi connectivity index (χ1n) is 6.48. The molecule has 8 nitrogen and oxygen atoms in total. The number of nitrogens with one attached hydrogen (secondary N) is 1. The van der Waals surface area contributed by atoms with Gasteiger partial charge < -0.3 is 4.74 Å². The van der Waals surface area contributed by atoms with Gasteiger partial charge >= 0.3 is 5.69 Å². The SMILES string of the molecule is COc1ccc(/C=N\n2c(C(C)C)n[nH]c2=S)cc1[N+](=O)[O-]. The number of nitrogens with zero attached hydrogens (tertiary/aromatic N) is 4. The van der Waals surface area contributed by atoms with Crippen LogP contribution in [0.25, 0.3) is 0 Å². The number of nitro groups is 1. The van der Waals surface area contributed by atoms with Gasteiger partial charge in [-0.2, -0.15) is 14.9 Å². The summed E-state index contributed by atoms with van der Waals surface area (Å²) in [4.78, 5) is 10.5. The van der Waals surface area contributed by atoms with E-state index in [1.807, 2.05) is 13.8 Å². The van der Waals surface area contributed by atoms with E-state index in [0.717, 1.165) is 0 Å². The van der Waals surface area contributed by atoms with Gasteiger partial charge in [0.05, 0.1) is 18.2 Å². The van der Waals surface area contributed by atoms with Crippen LogP contribution < -0.4 is 4.74 Å². The van der Waals surface area contributed by atoms with Crippen LogP contribution in [0.1, 0.15) is 31.2 Å². The summed E-state index contributed by atoms with van der Waals surface area (Å²) in [5.74, 6) is 1.02. The van der Waals surface area contributed by atoms with Gasteiger partial charge in [0.15, 0.2) is 11.6 Å². The van der Waals surface area contributed by atoms with Crippen molar-refractivity contribution in [1.82, 2.24) is 14.9 Å². The minimum Gasteiger partial charge on any atom is -0.490 e. The topological polar surface area (TPSA) is 98.3 Å². The second-order valence-electron chi connectivity index (χ2n) is 4.79. The Kier molecular flexibility index (Phi) is 4.66. The van der Waals surface area contributed by atoms with E-state index < -0.39 is 4.92 Å². The van der Waals surface area contributed by atoms with Gasteiger partial charge in [0, 0.05) is 17.5 Å². The predicted octanol–water partition coefficient (Wildman–Crippen LogP) is 2.86. The third-order valence-electron chi connectivity index (χ3n) is 2.91. The molecule has 22 heavy (non-hydrogen) atoms. The van der Waals surface area contributed by atoms with E-state index in [9.17, 15) is 10.1 Å². The summed E-state index contributed by atoms with van der Waals surface area (Å²) >= 11 is 5.12. The molecule has 0 amide bonds. The Hall–Kier alpha value is -2.55. The van der Waals surface area contributed by atoms with E-state index in [1.54, 1.807) is 6.07 Å². The number of hydrogen-bond donors (Lipinski definition) is 1. The van der Waals surface area contributed by atoms with Crippen LogP contribution >= 0.6 is 12.2 Å². The lowest BCUT2D eigenvalue weighted by atomic mass is 10.2. The van der Waals surface area contributed by atoms with E-state index >= 15 is 0 Å². The molecule has 0 atom stereocenters. The van der Waals surface area contributed by atoms with Crippen LogP contribution in [0.2, 0.25) is 0 Å². The average Bonchev–Trinajstić information content (AvgIpc) is 2.86. The number of nitro benzene ring substituents is 1. The van der Waals surface area contributed by atoms with Crippen LogP contribution in [-0.2, 0) is 0 Å². The summed E-state index contributed by atoms with van der Waals surface area (Å²) in [6, 6.07) is 4.59. The zero-order valence-corrected chi connectivity index (χ0v) is 13.1. The number of H-pyrrole nitrogens is 1. The highest BCUT2D eigenvalue weighted by Crippen LogP contribution is 2.26. The molecule has 1 heterocycles. The fourth-order valence-electron chi connectivity index (χ4n) is 1.84. The van der Waals surface area contributed by atoms with Crippen molar-refractivity contribution in [3.63, 3.8) is 0 Å². The van der Waals surface area contributed by atoms with Gasteiger partial charge in [0.1, 0.15) is 0 Å². The van der Waals surface area contributed by atoms with Crippen LogP contribution in [0, 0.1) is 14.9 Å². The molecule has 0 aliphatic carbocycles. The van der Waals surface area contributed by atoms with Crippen molar-refractivity contribution >= 4 is 24.1 Å². The second kappa shape index (κ2) is 6.48.